The van der Waals surface area contributed by atoms with Gasteiger partial charge in [-0.1, -0.05) is 23.7 Å². The molecular formula is C18H21ClFN3O. The van der Waals surface area contributed by atoms with Crippen molar-refractivity contribution in [3.8, 4) is 0 Å². The van der Waals surface area contributed by atoms with Crippen molar-refractivity contribution in [3.05, 3.63) is 59.0 Å². The summed E-state index contributed by atoms with van der Waals surface area (Å²) in [5.41, 5.74) is 0.537. The zero-order valence-corrected chi connectivity index (χ0v) is 14.1. The van der Waals surface area contributed by atoms with Crippen molar-refractivity contribution in [2.75, 3.05) is 24.5 Å². The van der Waals surface area contributed by atoms with Crippen LogP contribution in [0, 0.1) is 5.82 Å². The minimum absolute atomic E-state index is 0.0702. The van der Waals surface area contributed by atoms with Crippen LogP contribution < -0.4 is 10.2 Å². The van der Waals surface area contributed by atoms with E-state index < -0.39 is 11.9 Å². The lowest BCUT2D eigenvalue weighted by Crippen LogP contribution is -2.43. The molecule has 1 aromatic heterocycles. The van der Waals surface area contributed by atoms with E-state index in [4.69, 9.17) is 11.6 Å². The number of hydrogen-bond donors (Lipinski definition) is 2. The van der Waals surface area contributed by atoms with Crippen molar-refractivity contribution in [3.63, 3.8) is 0 Å². The molecule has 1 aliphatic heterocycles. The Hall–Kier alpha value is -1.69. The number of aliphatic hydroxyl groups is 1. The Kier molecular flexibility index (Phi) is 5.66. The van der Waals surface area contributed by atoms with Gasteiger partial charge in [0.15, 0.2) is 0 Å². The van der Waals surface area contributed by atoms with Gasteiger partial charge in [-0.25, -0.2) is 9.37 Å². The van der Waals surface area contributed by atoms with Gasteiger partial charge >= 0.3 is 0 Å². The van der Waals surface area contributed by atoms with Crippen LogP contribution in [0.3, 0.4) is 0 Å². The molecule has 0 saturated carbocycles. The molecule has 128 valence electrons. The number of anilines is 1. The molecule has 1 fully saturated rings. The molecule has 0 aliphatic carbocycles. The van der Waals surface area contributed by atoms with Gasteiger partial charge in [0.2, 0.25) is 0 Å². The van der Waals surface area contributed by atoms with Crippen LogP contribution >= 0.6 is 11.6 Å². The van der Waals surface area contributed by atoms with Crippen LogP contribution in [0.2, 0.25) is 5.02 Å². The molecule has 4 nitrogen and oxygen atoms in total. The second-order valence-electron chi connectivity index (χ2n) is 6.05. The fourth-order valence-corrected chi connectivity index (χ4v) is 3.09. The molecule has 2 aromatic rings. The largest absolute Gasteiger partial charge is 0.387 e. The summed E-state index contributed by atoms with van der Waals surface area (Å²) in [7, 11) is 0. The Morgan fingerprint density at radius 1 is 1.29 bits per heavy atom. The number of rotatable bonds is 5. The predicted molar refractivity (Wildman–Crippen MR) is 93.8 cm³/mol. The number of halogens is 2. The molecule has 0 spiro atoms. The molecule has 0 bridgehead atoms. The van der Waals surface area contributed by atoms with E-state index in [9.17, 15) is 9.50 Å². The molecule has 2 N–H and O–H groups in total. The lowest BCUT2D eigenvalue weighted by molar-refractivity contribution is 0.166. The van der Waals surface area contributed by atoms with Crippen LogP contribution in [0.4, 0.5) is 10.2 Å². The first-order valence-electron chi connectivity index (χ1n) is 8.16. The lowest BCUT2D eigenvalue weighted by Gasteiger charge is -2.33. The number of pyridine rings is 1. The van der Waals surface area contributed by atoms with Crippen molar-refractivity contribution >= 4 is 17.4 Å². The SMILES string of the molecule is OC(CNC1CCN(c2ccccn2)CC1)c1ccc(Cl)c(F)c1. The van der Waals surface area contributed by atoms with Gasteiger partial charge in [-0.3, -0.25) is 0 Å². The molecule has 24 heavy (non-hydrogen) atoms. The summed E-state index contributed by atoms with van der Waals surface area (Å²) in [6.45, 7) is 2.26. The van der Waals surface area contributed by atoms with E-state index in [0.717, 1.165) is 31.7 Å². The van der Waals surface area contributed by atoms with Crippen molar-refractivity contribution in [2.24, 2.45) is 0 Å². The Labute approximate surface area is 146 Å². The van der Waals surface area contributed by atoms with E-state index >= 15 is 0 Å². The van der Waals surface area contributed by atoms with Crippen LogP contribution in [0.1, 0.15) is 24.5 Å². The zero-order chi connectivity index (χ0) is 16.9. The van der Waals surface area contributed by atoms with Crippen molar-refractivity contribution in [2.45, 2.75) is 25.0 Å². The average Bonchev–Trinajstić information content (AvgIpc) is 2.63. The highest BCUT2D eigenvalue weighted by Crippen LogP contribution is 2.21. The van der Waals surface area contributed by atoms with Gasteiger partial charge in [0.1, 0.15) is 11.6 Å². The highest BCUT2D eigenvalue weighted by Gasteiger charge is 2.20. The van der Waals surface area contributed by atoms with Gasteiger partial charge < -0.3 is 15.3 Å². The van der Waals surface area contributed by atoms with Crippen LogP contribution in [-0.4, -0.2) is 35.8 Å². The van der Waals surface area contributed by atoms with Crippen molar-refractivity contribution in [1.82, 2.24) is 10.3 Å². The summed E-state index contributed by atoms with van der Waals surface area (Å²) in [6, 6.07) is 10.7. The maximum atomic E-state index is 13.5. The number of nitrogens with zero attached hydrogens (tertiary/aromatic N) is 2. The van der Waals surface area contributed by atoms with Gasteiger partial charge in [-0.15, -0.1) is 0 Å². The second-order valence-corrected chi connectivity index (χ2v) is 6.45. The third kappa shape index (κ3) is 4.23. The highest BCUT2D eigenvalue weighted by atomic mass is 35.5. The Morgan fingerprint density at radius 2 is 2.08 bits per heavy atom. The third-order valence-electron chi connectivity index (χ3n) is 4.40. The van der Waals surface area contributed by atoms with Crippen LogP contribution in [-0.2, 0) is 0 Å². The van der Waals surface area contributed by atoms with E-state index in [2.05, 4.69) is 15.2 Å². The quantitative estimate of drug-likeness (QED) is 0.870. The van der Waals surface area contributed by atoms with E-state index in [1.807, 2.05) is 18.2 Å². The van der Waals surface area contributed by atoms with Crippen molar-refractivity contribution in [1.29, 1.82) is 0 Å². The van der Waals surface area contributed by atoms with E-state index in [1.165, 1.54) is 12.1 Å². The smallest absolute Gasteiger partial charge is 0.142 e. The fraction of sp³-hybridized carbons (Fsp3) is 0.389. The lowest BCUT2D eigenvalue weighted by atomic mass is 10.0. The second kappa shape index (κ2) is 7.92. The summed E-state index contributed by atoms with van der Waals surface area (Å²) >= 11 is 5.67. The summed E-state index contributed by atoms with van der Waals surface area (Å²) in [4.78, 5) is 6.64. The fourth-order valence-electron chi connectivity index (χ4n) is 2.97. The molecular weight excluding hydrogens is 329 g/mol. The first kappa shape index (κ1) is 17.1. The highest BCUT2D eigenvalue weighted by molar-refractivity contribution is 6.30. The minimum atomic E-state index is -0.745. The van der Waals surface area contributed by atoms with E-state index in [-0.39, 0.29) is 5.02 Å². The standard InChI is InChI=1S/C18H21ClFN3O/c19-15-5-4-13(11-16(15)20)17(24)12-22-14-6-9-23(10-7-14)18-3-1-2-8-21-18/h1-5,8,11,14,17,22,24H,6-7,9-10,12H2. The van der Waals surface area contributed by atoms with Gasteiger partial charge in [-0.2, -0.15) is 0 Å². The topological polar surface area (TPSA) is 48.4 Å². The molecule has 1 aromatic carbocycles. The maximum absolute atomic E-state index is 13.5. The summed E-state index contributed by atoms with van der Waals surface area (Å²) in [5.74, 6) is 0.504. The van der Waals surface area contributed by atoms with Gasteiger partial charge in [-0.05, 0) is 42.7 Å². The summed E-state index contributed by atoms with van der Waals surface area (Å²) in [6.07, 6.45) is 3.03. The first-order chi connectivity index (χ1) is 11.6. The molecule has 6 heteroatoms. The number of aromatic nitrogens is 1. The molecule has 1 unspecified atom stereocenters. The Balaban J connectivity index is 1.47. The van der Waals surface area contributed by atoms with Gasteiger partial charge in [0, 0.05) is 31.9 Å². The maximum Gasteiger partial charge on any atom is 0.142 e. The molecule has 1 saturated heterocycles. The summed E-state index contributed by atoms with van der Waals surface area (Å²) < 4.78 is 13.5. The number of piperidine rings is 1. The van der Waals surface area contributed by atoms with Crippen LogP contribution in [0.25, 0.3) is 0 Å². The van der Waals surface area contributed by atoms with Gasteiger partial charge in [0.25, 0.3) is 0 Å². The monoisotopic (exact) mass is 349 g/mol. The molecule has 0 radical (unpaired) electrons. The zero-order valence-electron chi connectivity index (χ0n) is 13.3. The average molecular weight is 350 g/mol. The molecule has 0 amide bonds. The van der Waals surface area contributed by atoms with Crippen LogP contribution in [0.5, 0.6) is 0 Å². The van der Waals surface area contributed by atoms with E-state index in [0.29, 0.717) is 18.2 Å². The van der Waals surface area contributed by atoms with Crippen LogP contribution in [0.15, 0.2) is 42.6 Å². The summed E-state index contributed by atoms with van der Waals surface area (Å²) in [5, 5.41) is 13.6. The van der Waals surface area contributed by atoms with Gasteiger partial charge in [0.05, 0.1) is 11.1 Å². The third-order valence-corrected chi connectivity index (χ3v) is 4.70. The number of nitrogens with one attached hydrogen (secondary N) is 1. The number of hydrogen-bond acceptors (Lipinski definition) is 4. The Bertz CT molecular complexity index is 663. The normalized spacial score (nSPS) is 17.0. The predicted octanol–water partition coefficient (Wildman–Crippen LogP) is 3.17. The van der Waals surface area contributed by atoms with Crippen molar-refractivity contribution < 1.29 is 9.50 Å². The number of aliphatic hydroxyl groups excluding tert-OH is 1. The Morgan fingerprint density at radius 3 is 2.75 bits per heavy atom. The minimum Gasteiger partial charge on any atom is -0.387 e. The number of benzene rings is 1. The molecule has 1 aliphatic rings. The first-order valence-corrected chi connectivity index (χ1v) is 8.53. The molecule has 3 rings (SSSR count). The van der Waals surface area contributed by atoms with E-state index in [1.54, 1.807) is 12.3 Å². The molecule has 2 heterocycles. The molecule has 1 atom stereocenters.